The molecule has 0 aromatic heterocycles. The maximum atomic E-state index is 12.8. The lowest BCUT2D eigenvalue weighted by molar-refractivity contribution is -0.147. The van der Waals surface area contributed by atoms with Crippen LogP contribution in [-0.4, -0.2) is 28.9 Å². The van der Waals surface area contributed by atoms with Crippen molar-refractivity contribution in [3.05, 3.63) is 63.1 Å². The molecule has 2 rings (SSSR count). The van der Waals surface area contributed by atoms with Crippen LogP contribution >= 0.6 is 34.8 Å². The van der Waals surface area contributed by atoms with Crippen molar-refractivity contribution in [3.8, 4) is 0 Å². The van der Waals surface area contributed by atoms with Crippen LogP contribution in [0.1, 0.15) is 42.3 Å². The lowest BCUT2D eigenvalue weighted by Crippen LogP contribution is -2.45. The zero-order valence-corrected chi connectivity index (χ0v) is 20.0. The smallest absolute Gasteiger partial charge is 0.408 e. The summed E-state index contributed by atoms with van der Waals surface area (Å²) in [6.45, 7) is 4.94. The summed E-state index contributed by atoms with van der Waals surface area (Å²) in [6.07, 6.45) is -0.606. The Hall–Kier alpha value is -2.48. The van der Waals surface area contributed by atoms with Crippen LogP contribution in [0.15, 0.2) is 36.4 Å². The Morgan fingerprint density at radius 2 is 1.59 bits per heavy atom. The molecule has 0 aliphatic carbocycles. The van der Waals surface area contributed by atoms with Crippen molar-refractivity contribution in [2.75, 3.05) is 5.73 Å². The number of nitrogens with two attached hydrogens (primary N) is 1. The van der Waals surface area contributed by atoms with Gasteiger partial charge in [-0.15, -0.1) is 0 Å². The Balaban J connectivity index is 2.15. The van der Waals surface area contributed by atoms with Crippen molar-refractivity contribution in [2.24, 2.45) is 0 Å². The Morgan fingerprint density at radius 1 is 1.03 bits per heavy atom. The van der Waals surface area contributed by atoms with Crippen LogP contribution in [-0.2, 0) is 27.3 Å². The van der Waals surface area contributed by atoms with E-state index in [0.29, 0.717) is 11.3 Å². The molecule has 1 unspecified atom stereocenters. The number of hydrogen-bond donors (Lipinski definition) is 2. The molecule has 1 amide bonds. The van der Waals surface area contributed by atoms with Crippen LogP contribution in [0.2, 0.25) is 10.0 Å². The number of halogens is 3. The predicted octanol–water partition coefficient (Wildman–Crippen LogP) is 5.13. The van der Waals surface area contributed by atoms with E-state index in [-0.39, 0.29) is 28.6 Å². The molecule has 0 radical (unpaired) electrons. The molecule has 0 bridgehead atoms. The van der Waals surface area contributed by atoms with E-state index < -0.39 is 28.9 Å². The molecule has 0 aliphatic rings. The minimum Gasteiger partial charge on any atom is -0.459 e. The first-order valence-electron chi connectivity index (χ1n) is 9.54. The Labute approximate surface area is 201 Å². The zero-order chi connectivity index (χ0) is 24.1. The number of esters is 1. The number of rotatable bonds is 7. The van der Waals surface area contributed by atoms with Crippen molar-refractivity contribution in [1.29, 1.82) is 0 Å². The summed E-state index contributed by atoms with van der Waals surface area (Å²) in [6, 6.07) is 8.69. The van der Waals surface area contributed by atoms with E-state index in [0.717, 1.165) is 5.56 Å². The van der Waals surface area contributed by atoms with E-state index in [1.807, 2.05) is 0 Å². The third-order valence-electron chi connectivity index (χ3n) is 4.07. The highest BCUT2D eigenvalue weighted by Gasteiger charge is 2.26. The SMILES string of the molecule is CC(C)(C)OC(=O)NC(Cc1ccc(N)cc1)C(=O)OCc1cc(Cl)c(C(=O)Cl)c(Cl)c1. The van der Waals surface area contributed by atoms with Crippen molar-refractivity contribution in [3.63, 3.8) is 0 Å². The van der Waals surface area contributed by atoms with Gasteiger partial charge in [-0.25, -0.2) is 9.59 Å². The molecule has 0 fully saturated rings. The number of carbonyl (C=O) groups is 3. The average Bonchev–Trinajstić information content (AvgIpc) is 2.65. The van der Waals surface area contributed by atoms with E-state index in [1.54, 1.807) is 45.0 Å². The van der Waals surface area contributed by atoms with Gasteiger partial charge in [0.1, 0.15) is 18.2 Å². The maximum Gasteiger partial charge on any atom is 0.408 e. The topological polar surface area (TPSA) is 108 Å². The van der Waals surface area contributed by atoms with Crippen LogP contribution in [0.3, 0.4) is 0 Å². The van der Waals surface area contributed by atoms with Gasteiger partial charge >= 0.3 is 12.1 Å². The van der Waals surface area contributed by atoms with Gasteiger partial charge in [-0.1, -0.05) is 35.3 Å². The highest BCUT2D eigenvalue weighted by atomic mass is 35.5. The van der Waals surface area contributed by atoms with Gasteiger partial charge in [0.2, 0.25) is 0 Å². The van der Waals surface area contributed by atoms with E-state index in [2.05, 4.69) is 5.32 Å². The normalized spacial score (nSPS) is 12.1. The fourth-order valence-electron chi connectivity index (χ4n) is 2.68. The van der Waals surface area contributed by atoms with Crippen LogP contribution in [0.25, 0.3) is 0 Å². The van der Waals surface area contributed by atoms with E-state index in [4.69, 9.17) is 50.0 Å². The van der Waals surface area contributed by atoms with Gasteiger partial charge in [0.25, 0.3) is 5.24 Å². The maximum absolute atomic E-state index is 12.8. The van der Waals surface area contributed by atoms with Crippen molar-refractivity contribution < 1.29 is 23.9 Å². The van der Waals surface area contributed by atoms with E-state index in [9.17, 15) is 14.4 Å². The molecule has 0 heterocycles. The number of anilines is 1. The summed E-state index contributed by atoms with van der Waals surface area (Å²) in [5.41, 5.74) is 6.70. The first-order chi connectivity index (χ1) is 14.9. The summed E-state index contributed by atoms with van der Waals surface area (Å²) in [7, 11) is 0. The van der Waals surface area contributed by atoms with Gasteiger partial charge in [0.05, 0.1) is 15.6 Å². The predicted molar refractivity (Wildman–Crippen MR) is 124 cm³/mol. The average molecular weight is 502 g/mol. The number of ether oxygens (including phenoxy) is 2. The highest BCUT2D eigenvalue weighted by Crippen LogP contribution is 2.28. The van der Waals surface area contributed by atoms with Gasteiger partial charge in [0, 0.05) is 12.1 Å². The van der Waals surface area contributed by atoms with Crippen molar-refractivity contribution in [1.82, 2.24) is 5.32 Å². The van der Waals surface area contributed by atoms with Gasteiger partial charge in [0.15, 0.2) is 0 Å². The number of carbonyl (C=O) groups excluding carboxylic acids is 3. The lowest BCUT2D eigenvalue weighted by atomic mass is 10.1. The molecule has 32 heavy (non-hydrogen) atoms. The van der Waals surface area contributed by atoms with Crippen LogP contribution in [0, 0.1) is 0 Å². The number of hydrogen-bond acceptors (Lipinski definition) is 6. The largest absolute Gasteiger partial charge is 0.459 e. The third-order valence-corrected chi connectivity index (χ3v) is 4.86. The van der Waals surface area contributed by atoms with E-state index >= 15 is 0 Å². The minimum atomic E-state index is -1.02. The summed E-state index contributed by atoms with van der Waals surface area (Å²) >= 11 is 17.6. The number of benzene rings is 2. The van der Waals surface area contributed by atoms with Crippen molar-refractivity contribution >= 4 is 57.8 Å². The fourth-order valence-corrected chi connectivity index (χ4v) is 3.69. The number of alkyl carbamates (subject to hydrolysis) is 1. The second kappa shape index (κ2) is 10.9. The fraction of sp³-hybridized carbons (Fsp3) is 0.318. The number of amides is 1. The Kier molecular flexibility index (Phi) is 8.78. The molecule has 0 aliphatic heterocycles. The molecule has 7 nitrogen and oxygen atoms in total. The lowest BCUT2D eigenvalue weighted by Gasteiger charge is -2.23. The van der Waals surface area contributed by atoms with Crippen LogP contribution in [0.5, 0.6) is 0 Å². The molecular weight excluding hydrogens is 479 g/mol. The van der Waals surface area contributed by atoms with Crippen LogP contribution < -0.4 is 11.1 Å². The number of nitrogen functional groups attached to an aromatic ring is 1. The Bertz CT molecular complexity index is 981. The standard InChI is InChI=1S/C22H23Cl3N2O5/c1-22(2,3)32-21(30)27-17(10-12-4-6-14(26)7-5-12)20(29)31-11-13-8-15(23)18(19(25)28)16(24)9-13/h4-9,17H,10-11,26H2,1-3H3,(H,27,30). The molecule has 172 valence electrons. The quantitative estimate of drug-likeness (QED) is 0.309. The molecule has 0 saturated heterocycles. The molecule has 2 aromatic carbocycles. The molecule has 3 N–H and O–H groups in total. The molecule has 1 atom stereocenters. The Morgan fingerprint density at radius 3 is 2.09 bits per heavy atom. The monoisotopic (exact) mass is 500 g/mol. The molecule has 2 aromatic rings. The second-order valence-electron chi connectivity index (χ2n) is 7.96. The summed E-state index contributed by atoms with van der Waals surface area (Å²) in [5, 5.41) is 1.81. The zero-order valence-electron chi connectivity index (χ0n) is 17.7. The first kappa shape index (κ1) is 25.8. The highest BCUT2D eigenvalue weighted by molar-refractivity contribution is 6.69. The van der Waals surface area contributed by atoms with Crippen LogP contribution in [0.4, 0.5) is 10.5 Å². The van der Waals surface area contributed by atoms with Gasteiger partial charge in [-0.05, 0) is 67.8 Å². The van der Waals surface area contributed by atoms with E-state index in [1.165, 1.54) is 12.1 Å². The summed E-state index contributed by atoms with van der Waals surface area (Å²) in [4.78, 5) is 36.4. The van der Waals surface area contributed by atoms with Crippen molar-refractivity contribution in [2.45, 2.75) is 45.4 Å². The second-order valence-corrected chi connectivity index (χ2v) is 9.12. The minimum absolute atomic E-state index is 0.0297. The molecule has 0 saturated carbocycles. The number of nitrogens with one attached hydrogen (secondary N) is 1. The van der Waals surface area contributed by atoms with Gasteiger partial charge < -0.3 is 20.5 Å². The first-order valence-corrected chi connectivity index (χ1v) is 10.7. The molecular formula is C22H23Cl3N2O5. The van der Waals surface area contributed by atoms with Gasteiger partial charge in [-0.2, -0.15) is 0 Å². The molecule has 10 heteroatoms. The summed E-state index contributed by atoms with van der Waals surface area (Å²) < 4.78 is 10.6. The summed E-state index contributed by atoms with van der Waals surface area (Å²) in [5.74, 6) is -0.697. The third kappa shape index (κ3) is 7.89. The molecule has 0 spiro atoms. The van der Waals surface area contributed by atoms with Gasteiger partial charge in [-0.3, -0.25) is 4.79 Å².